The number of sulfonamides is 1. The fraction of sp³-hybridized carbons (Fsp3) is 0.632. The van der Waals surface area contributed by atoms with Crippen LogP contribution >= 0.6 is 24.0 Å². The highest BCUT2D eigenvalue weighted by molar-refractivity contribution is 14.0. The standard InChI is InChI=1S/C19H34N4O2S.HI/c1-5-7-8-16(6-2)13-22-19(20-3)23-14-17-9-11-18(12-10-17)15-26(24,25)21-4;/h9-12,16,21H,5-8,13-15H2,1-4H3,(H2,20,22,23);1H. The van der Waals surface area contributed by atoms with Gasteiger partial charge in [0.15, 0.2) is 5.96 Å². The van der Waals surface area contributed by atoms with Gasteiger partial charge in [-0.15, -0.1) is 24.0 Å². The zero-order valence-electron chi connectivity index (χ0n) is 16.9. The van der Waals surface area contributed by atoms with Crippen molar-refractivity contribution in [3.8, 4) is 0 Å². The number of rotatable bonds is 11. The molecule has 0 aromatic heterocycles. The minimum absolute atomic E-state index is 0. The number of aliphatic imine (C=N–C) groups is 1. The second kappa shape index (κ2) is 14.2. The summed E-state index contributed by atoms with van der Waals surface area (Å²) < 4.78 is 25.5. The van der Waals surface area contributed by atoms with Crippen molar-refractivity contribution < 1.29 is 8.42 Å². The van der Waals surface area contributed by atoms with E-state index >= 15 is 0 Å². The molecule has 0 saturated carbocycles. The third-order valence-electron chi connectivity index (χ3n) is 4.48. The van der Waals surface area contributed by atoms with E-state index < -0.39 is 10.0 Å². The molecule has 27 heavy (non-hydrogen) atoms. The highest BCUT2D eigenvalue weighted by atomic mass is 127. The summed E-state index contributed by atoms with van der Waals surface area (Å²) in [4.78, 5) is 4.27. The molecular formula is C19H35IN4O2S. The molecule has 0 bridgehead atoms. The first-order valence-electron chi connectivity index (χ1n) is 9.37. The number of hydrogen-bond donors (Lipinski definition) is 3. The van der Waals surface area contributed by atoms with Crippen LogP contribution in [0.2, 0.25) is 0 Å². The molecule has 1 atom stereocenters. The summed E-state index contributed by atoms with van der Waals surface area (Å²) in [6.45, 7) is 6.02. The number of hydrogen-bond acceptors (Lipinski definition) is 3. The third-order valence-corrected chi connectivity index (χ3v) is 5.81. The number of benzene rings is 1. The van der Waals surface area contributed by atoms with E-state index in [-0.39, 0.29) is 29.7 Å². The van der Waals surface area contributed by atoms with Gasteiger partial charge in [0.05, 0.1) is 5.75 Å². The number of nitrogens with zero attached hydrogens (tertiary/aromatic N) is 1. The fourth-order valence-corrected chi connectivity index (χ4v) is 3.41. The SMILES string of the molecule is CCCCC(CC)CNC(=NC)NCc1ccc(CS(=O)(=O)NC)cc1.I. The summed E-state index contributed by atoms with van der Waals surface area (Å²) in [5, 5.41) is 6.71. The molecule has 1 rings (SSSR count). The second-order valence-electron chi connectivity index (χ2n) is 6.50. The zero-order chi connectivity index (χ0) is 19.4. The van der Waals surface area contributed by atoms with Gasteiger partial charge in [-0.25, -0.2) is 13.1 Å². The summed E-state index contributed by atoms with van der Waals surface area (Å²) in [5.41, 5.74) is 1.85. The molecule has 8 heteroatoms. The van der Waals surface area contributed by atoms with E-state index in [0.717, 1.165) is 23.6 Å². The van der Waals surface area contributed by atoms with Gasteiger partial charge in [-0.1, -0.05) is 57.4 Å². The van der Waals surface area contributed by atoms with E-state index in [9.17, 15) is 8.42 Å². The summed E-state index contributed by atoms with van der Waals surface area (Å²) in [7, 11) is -0.0347. The van der Waals surface area contributed by atoms with Crippen LogP contribution in [0.25, 0.3) is 0 Å². The average molecular weight is 510 g/mol. The Hall–Kier alpha value is -0.870. The molecule has 0 radical (unpaired) electrons. The Balaban J connectivity index is 0.00000676. The molecule has 0 spiro atoms. The van der Waals surface area contributed by atoms with Crippen LogP contribution in [0.5, 0.6) is 0 Å². The molecule has 1 unspecified atom stereocenters. The predicted octanol–water partition coefficient (Wildman–Crippen LogP) is 3.24. The molecule has 0 heterocycles. The quantitative estimate of drug-likeness (QED) is 0.243. The van der Waals surface area contributed by atoms with Crippen LogP contribution in [0.1, 0.15) is 50.7 Å². The maximum Gasteiger partial charge on any atom is 0.215 e. The molecule has 0 saturated heterocycles. The molecule has 0 aliphatic rings. The highest BCUT2D eigenvalue weighted by Gasteiger charge is 2.09. The van der Waals surface area contributed by atoms with Gasteiger partial charge in [0.25, 0.3) is 0 Å². The molecule has 0 fully saturated rings. The first-order valence-corrected chi connectivity index (χ1v) is 11.0. The van der Waals surface area contributed by atoms with Crippen molar-refractivity contribution >= 4 is 40.0 Å². The molecule has 0 aliphatic heterocycles. The van der Waals surface area contributed by atoms with Gasteiger partial charge in [-0.05, 0) is 30.5 Å². The van der Waals surface area contributed by atoms with E-state index in [4.69, 9.17) is 0 Å². The van der Waals surface area contributed by atoms with Crippen molar-refractivity contribution in [1.29, 1.82) is 0 Å². The van der Waals surface area contributed by atoms with Crippen molar-refractivity contribution in [2.45, 2.75) is 51.8 Å². The van der Waals surface area contributed by atoms with E-state index in [0.29, 0.717) is 12.5 Å². The molecule has 6 nitrogen and oxygen atoms in total. The smallest absolute Gasteiger partial charge is 0.215 e. The van der Waals surface area contributed by atoms with E-state index in [1.807, 2.05) is 24.3 Å². The Bertz CT molecular complexity index is 648. The Morgan fingerprint density at radius 2 is 1.74 bits per heavy atom. The lowest BCUT2D eigenvalue weighted by Gasteiger charge is -2.18. The van der Waals surface area contributed by atoms with Crippen LogP contribution < -0.4 is 15.4 Å². The van der Waals surface area contributed by atoms with Crippen LogP contribution in [0, 0.1) is 5.92 Å². The van der Waals surface area contributed by atoms with Crippen molar-refractivity contribution in [2.24, 2.45) is 10.9 Å². The molecule has 3 N–H and O–H groups in total. The van der Waals surface area contributed by atoms with Crippen LogP contribution in [-0.2, 0) is 22.3 Å². The van der Waals surface area contributed by atoms with Crippen molar-refractivity contribution in [2.75, 3.05) is 20.6 Å². The van der Waals surface area contributed by atoms with Gasteiger partial charge >= 0.3 is 0 Å². The van der Waals surface area contributed by atoms with Crippen molar-refractivity contribution in [3.63, 3.8) is 0 Å². The lowest BCUT2D eigenvalue weighted by Crippen LogP contribution is -2.39. The van der Waals surface area contributed by atoms with E-state index in [2.05, 4.69) is 34.2 Å². The number of guanidine groups is 1. The summed E-state index contributed by atoms with van der Waals surface area (Å²) >= 11 is 0. The van der Waals surface area contributed by atoms with Gasteiger partial charge in [0.1, 0.15) is 0 Å². The first-order chi connectivity index (χ1) is 12.4. The third kappa shape index (κ3) is 10.9. The largest absolute Gasteiger partial charge is 0.356 e. The minimum Gasteiger partial charge on any atom is -0.356 e. The number of nitrogens with one attached hydrogen (secondary N) is 3. The lowest BCUT2D eigenvalue weighted by molar-refractivity contribution is 0.443. The van der Waals surface area contributed by atoms with Gasteiger partial charge in [-0.3, -0.25) is 4.99 Å². The van der Waals surface area contributed by atoms with Gasteiger partial charge in [0, 0.05) is 20.1 Å². The van der Waals surface area contributed by atoms with E-state index in [1.165, 1.54) is 32.7 Å². The first kappa shape index (κ1) is 26.1. The van der Waals surface area contributed by atoms with Gasteiger partial charge in [-0.2, -0.15) is 0 Å². The molecule has 0 amide bonds. The fourth-order valence-electron chi connectivity index (χ4n) is 2.64. The van der Waals surface area contributed by atoms with Gasteiger partial charge in [0.2, 0.25) is 10.0 Å². The van der Waals surface area contributed by atoms with Crippen LogP contribution in [0.3, 0.4) is 0 Å². The zero-order valence-corrected chi connectivity index (χ0v) is 20.1. The number of unbranched alkanes of at least 4 members (excludes halogenated alkanes) is 1. The Morgan fingerprint density at radius 1 is 1.11 bits per heavy atom. The van der Waals surface area contributed by atoms with Crippen molar-refractivity contribution in [3.05, 3.63) is 35.4 Å². The lowest BCUT2D eigenvalue weighted by atomic mass is 9.99. The monoisotopic (exact) mass is 510 g/mol. The Kier molecular flexibility index (Phi) is 13.7. The molecule has 0 aliphatic carbocycles. The van der Waals surface area contributed by atoms with Crippen LogP contribution in [0.4, 0.5) is 0 Å². The number of halogens is 1. The van der Waals surface area contributed by atoms with E-state index in [1.54, 1.807) is 7.05 Å². The second-order valence-corrected chi connectivity index (χ2v) is 8.43. The summed E-state index contributed by atoms with van der Waals surface area (Å²) in [6.07, 6.45) is 4.91. The van der Waals surface area contributed by atoms with Crippen LogP contribution in [-0.4, -0.2) is 35.0 Å². The maximum absolute atomic E-state index is 11.6. The van der Waals surface area contributed by atoms with Crippen LogP contribution in [0.15, 0.2) is 29.3 Å². The van der Waals surface area contributed by atoms with Crippen molar-refractivity contribution in [1.82, 2.24) is 15.4 Å². The summed E-state index contributed by atoms with van der Waals surface area (Å²) in [5.74, 6) is 1.46. The Morgan fingerprint density at radius 3 is 2.26 bits per heavy atom. The Labute approximate surface area is 182 Å². The minimum atomic E-state index is -3.23. The summed E-state index contributed by atoms with van der Waals surface area (Å²) in [6, 6.07) is 7.58. The molecule has 1 aromatic rings. The average Bonchev–Trinajstić information content (AvgIpc) is 2.65. The predicted molar refractivity (Wildman–Crippen MR) is 125 cm³/mol. The maximum atomic E-state index is 11.6. The highest BCUT2D eigenvalue weighted by Crippen LogP contribution is 2.11. The normalized spacial score (nSPS) is 13.0. The molecule has 156 valence electrons. The molecule has 1 aromatic carbocycles. The van der Waals surface area contributed by atoms with Gasteiger partial charge < -0.3 is 10.6 Å². The molecular weight excluding hydrogens is 475 g/mol. The topological polar surface area (TPSA) is 82.6 Å².